The quantitative estimate of drug-likeness (QED) is 0.791. The van der Waals surface area contributed by atoms with Crippen LogP contribution in [0.2, 0.25) is 0 Å². The van der Waals surface area contributed by atoms with Crippen molar-refractivity contribution in [2.24, 2.45) is 5.92 Å². The molecule has 0 aromatic heterocycles. The van der Waals surface area contributed by atoms with Crippen LogP contribution >= 0.6 is 15.9 Å². The lowest BCUT2D eigenvalue weighted by atomic mass is 10.0. The van der Waals surface area contributed by atoms with Crippen LogP contribution in [0, 0.1) is 11.7 Å². The van der Waals surface area contributed by atoms with Crippen LogP contribution in [-0.4, -0.2) is 12.6 Å². The van der Waals surface area contributed by atoms with Crippen molar-refractivity contribution in [3.05, 3.63) is 34.1 Å². The summed E-state index contributed by atoms with van der Waals surface area (Å²) in [5.74, 6) is 0.744. The van der Waals surface area contributed by atoms with Gasteiger partial charge in [0.05, 0.1) is 0 Å². The maximum absolute atomic E-state index is 13.2. The van der Waals surface area contributed by atoms with E-state index in [0.717, 1.165) is 35.3 Å². The predicted molar refractivity (Wildman–Crippen MR) is 77.2 cm³/mol. The molecule has 0 bridgehead atoms. The molecule has 1 aromatic carbocycles. The molecule has 2 rings (SSSR count). The Bertz CT molecular complexity index is 370. The van der Waals surface area contributed by atoms with E-state index in [4.69, 9.17) is 0 Å². The number of rotatable bonds is 7. The van der Waals surface area contributed by atoms with E-state index < -0.39 is 0 Å². The van der Waals surface area contributed by atoms with E-state index in [2.05, 4.69) is 28.2 Å². The van der Waals surface area contributed by atoms with Crippen molar-refractivity contribution in [2.45, 2.75) is 45.1 Å². The molecule has 0 radical (unpaired) electrons. The smallest absolute Gasteiger partial charge is 0.124 e. The van der Waals surface area contributed by atoms with Crippen molar-refractivity contribution in [3.8, 4) is 0 Å². The molecule has 1 aliphatic carbocycles. The Kier molecular flexibility index (Phi) is 5.19. The van der Waals surface area contributed by atoms with Crippen LogP contribution in [0.4, 0.5) is 4.39 Å². The fourth-order valence-corrected chi connectivity index (χ4v) is 3.06. The zero-order valence-corrected chi connectivity index (χ0v) is 12.5. The molecule has 1 saturated carbocycles. The molecule has 1 atom stereocenters. The van der Waals surface area contributed by atoms with Crippen LogP contribution in [0.5, 0.6) is 0 Å². The number of nitrogens with one attached hydrogen (secondary N) is 1. The van der Waals surface area contributed by atoms with E-state index in [1.807, 2.05) is 6.07 Å². The SMILES string of the molecule is CCNC(CCCc1cc(F)cc(Br)c1)C1CC1. The van der Waals surface area contributed by atoms with Gasteiger partial charge >= 0.3 is 0 Å². The summed E-state index contributed by atoms with van der Waals surface area (Å²) in [4.78, 5) is 0. The minimum Gasteiger partial charge on any atom is -0.314 e. The second-order valence-corrected chi connectivity index (χ2v) is 6.09. The van der Waals surface area contributed by atoms with Gasteiger partial charge in [0.2, 0.25) is 0 Å². The van der Waals surface area contributed by atoms with Gasteiger partial charge < -0.3 is 5.32 Å². The molecule has 0 aliphatic heterocycles. The van der Waals surface area contributed by atoms with Gasteiger partial charge in [-0.05, 0) is 68.3 Å². The Balaban J connectivity index is 1.79. The van der Waals surface area contributed by atoms with Crippen LogP contribution in [0.1, 0.15) is 38.2 Å². The van der Waals surface area contributed by atoms with E-state index in [1.165, 1.54) is 25.3 Å². The highest BCUT2D eigenvalue weighted by molar-refractivity contribution is 9.10. The molecule has 1 aliphatic rings. The summed E-state index contributed by atoms with van der Waals surface area (Å²) in [5.41, 5.74) is 1.09. The number of halogens is 2. The fraction of sp³-hybridized carbons (Fsp3) is 0.600. The molecular weight excluding hydrogens is 293 g/mol. The standard InChI is InChI=1S/C15H21BrFN/c1-2-18-15(12-6-7-12)5-3-4-11-8-13(16)10-14(17)9-11/h8-10,12,15,18H,2-7H2,1H3. The minimum atomic E-state index is -0.148. The second-order valence-electron chi connectivity index (χ2n) is 5.17. The van der Waals surface area contributed by atoms with Gasteiger partial charge in [-0.3, -0.25) is 0 Å². The van der Waals surface area contributed by atoms with Gasteiger partial charge in [-0.15, -0.1) is 0 Å². The van der Waals surface area contributed by atoms with E-state index in [0.29, 0.717) is 6.04 Å². The van der Waals surface area contributed by atoms with E-state index in [-0.39, 0.29) is 5.82 Å². The van der Waals surface area contributed by atoms with Gasteiger partial charge in [-0.2, -0.15) is 0 Å². The third kappa shape index (κ3) is 4.36. The highest BCUT2D eigenvalue weighted by Gasteiger charge is 2.29. The van der Waals surface area contributed by atoms with Gasteiger partial charge in [0.1, 0.15) is 5.82 Å². The monoisotopic (exact) mass is 313 g/mol. The zero-order valence-electron chi connectivity index (χ0n) is 10.9. The largest absolute Gasteiger partial charge is 0.314 e. The minimum absolute atomic E-state index is 0.148. The molecule has 100 valence electrons. The first-order valence-corrected chi connectivity index (χ1v) is 7.66. The molecule has 1 fully saturated rings. The first-order chi connectivity index (χ1) is 8.69. The van der Waals surface area contributed by atoms with Gasteiger partial charge in [0, 0.05) is 10.5 Å². The summed E-state index contributed by atoms with van der Waals surface area (Å²) in [5, 5.41) is 3.57. The summed E-state index contributed by atoms with van der Waals surface area (Å²) in [6.07, 6.45) is 6.05. The van der Waals surface area contributed by atoms with Gasteiger partial charge in [-0.25, -0.2) is 4.39 Å². The first-order valence-electron chi connectivity index (χ1n) is 6.87. The summed E-state index contributed by atoms with van der Waals surface area (Å²) < 4.78 is 14.1. The fourth-order valence-electron chi connectivity index (χ4n) is 2.55. The average molecular weight is 314 g/mol. The molecule has 0 heterocycles. The molecule has 1 unspecified atom stereocenters. The molecule has 1 aromatic rings. The van der Waals surface area contributed by atoms with Crippen LogP contribution in [-0.2, 0) is 6.42 Å². The highest BCUT2D eigenvalue weighted by atomic mass is 79.9. The van der Waals surface area contributed by atoms with Crippen molar-refractivity contribution in [2.75, 3.05) is 6.54 Å². The summed E-state index contributed by atoms with van der Waals surface area (Å²) in [6.45, 7) is 3.21. The molecule has 0 saturated heterocycles. The van der Waals surface area contributed by atoms with Crippen LogP contribution < -0.4 is 5.32 Å². The molecular formula is C15H21BrFN. The Hall–Kier alpha value is -0.410. The van der Waals surface area contributed by atoms with Gasteiger partial charge in [-0.1, -0.05) is 22.9 Å². The van der Waals surface area contributed by atoms with Gasteiger partial charge in [0.15, 0.2) is 0 Å². The third-order valence-electron chi connectivity index (χ3n) is 3.56. The van der Waals surface area contributed by atoms with Crippen molar-refractivity contribution >= 4 is 15.9 Å². The van der Waals surface area contributed by atoms with Crippen molar-refractivity contribution in [1.29, 1.82) is 0 Å². The second kappa shape index (κ2) is 6.67. The first kappa shape index (κ1) is 14.0. The number of aryl methyl sites for hydroxylation is 1. The number of hydrogen-bond donors (Lipinski definition) is 1. The normalized spacial score (nSPS) is 16.8. The van der Waals surface area contributed by atoms with Crippen molar-refractivity contribution in [1.82, 2.24) is 5.32 Å². The molecule has 0 amide bonds. The van der Waals surface area contributed by atoms with E-state index >= 15 is 0 Å². The molecule has 3 heteroatoms. The van der Waals surface area contributed by atoms with Crippen LogP contribution in [0.15, 0.2) is 22.7 Å². The molecule has 1 N–H and O–H groups in total. The lowest BCUT2D eigenvalue weighted by Crippen LogP contribution is -2.30. The summed E-state index contributed by atoms with van der Waals surface area (Å²) >= 11 is 3.34. The summed E-state index contributed by atoms with van der Waals surface area (Å²) in [7, 11) is 0. The lowest BCUT2D eigenvalue weighted by molar-refractivity contribution is 0.434. The zero-order chi connectivity index (χ0) is 13.0. The Morgan fingerprint density at radius 3 is 2.78 bits per heavy atom. The Morgan fingerprint density at radius 2 is 2.17 bits per heavy atom. The van der Waals surface area contributed by atoms with Crippen LogP contribution in [0.25, 0.3) is 0 Å². The number of benzene rings is 1. The Morgan fingerprint density at radius 1 is 1.39 bits per heavy atom. The van der Waals surface area contributed by atoms with E-state index in [9.17, 15) is 4.39 Å². The van der Waals surface area contributed by atoms with E-state index in [1.54, 1.807) is 6.07 Å². The highest BCUT2D eigenvalue weighted by Crippen LogP contribution is 2.34. The lowest BCUT2D eigenvalue weighted by Gasteiger charge is -2.16. The van der Waals surface area contributed by atoms with Crippen molar-refractivity contribution < 1.29 is 4.39 Å². The van der Waals surface area contributed by atoms with Gasteiger partial charge in [0.25, 0.3) is 0 Å². The Labute approximate surface area is 117 Å². The molecule has 18 heavy (non-hydrogen) atoms. The van der Waals surface area contributed by atoms with Crippen molar-refractivity contribution in [3.63, 3.8) is 0 Å². The maximum atomic E-state index is 13.2. The third-order valence-corrected chi connectivity index (χ3v) is 4.02. The summed E-state index contributed by atoms with van der Waals surface area (Å²) in [6, 6.07) is 5.84. The topological polar surface area (TPSA) is 12.0 Å². The van der Waals surface area contributed by atoms with Crippen LogP contribution in [0.3, 0.4) is 0 Å². The predicted octanol–water partition coefficient (Wildman–Crippen LogP) is 4.30. The molecule has 1 nitrogen and oxygen atoms in total. The maximum Gasteiger partial charge on any atom is 0.124 e. The molecule has 0 spiro atoms. The number of hydrogen-bond acceptors (Lipinski definition) is 1. The average Bonchev–Trinajstić information content (AvgIpc) is 3.10.